The smallest absolute Gasteiger partial charge is 0.241 e. The first kappa shape index (κ1) is 19.5. The molecule has 2 heterocycles. The molecule has 3 N–H and O–H groups in total. The van der Waals surface area contributed by atoms with Crippen LogP contribution in [0, 0.1) is 0 Å². The van der Waals surface area contributed by atoms with E-state index >= 15 is 0 Å². The Hall–Kier alpha value is -2.25. The van der Waals surface area contributed by atoms with Crippen molar-refractivity contribution in [1.29, 1.82) is 0 Å². The minimum atomic E-state index is 0.0337. The molecule has 1 aliphatic rings. The molecule has 7 nitrogen and oxygen atoms in total. The van der Waals surface area contributed by atoms with Gasteiger partial charge in [-0.1, -0.05) is 23.2 Å². The number of rotatable bonds is 5. The topological polar surface area (TPSA) is 87.4 Å². The van der Waals surface area contributed by atoms with Crippen LogP contribution in [0.4, 0.5) is 17.3 Å². The number of benzene rings is 1. The highest BCUT2D eigenvalue weighted by molar-refractivity contribution is 6.35. The van der Waals surface area contributed by atoms with E-state index in [1.165, 1.54) is 6.33 Å². The second-order valence-electron chi connectivity index (χ2n) is 6.56. The maximum atomic E-state index is 12.6. The lowest BCUT2D eigenvalue weighted by Crippen LogP contribution is -2.50. The molecule has 1 aromatic carbocycles. The number of carbonyl (C=O) groups excluding carboxylic acids is 1. The van der Waals surface area contributed by atoms with Crippen LogP contribution in [-0.2, 0) is 4.79 Å². The van der Waals surface area contributed by atoms with Crippen molar-refractivity contribution >= 4 is 46.4 Å². The van der Waals surface area contributed by atoms with Crippen molar-refractivity contribution in [3.63, 3.8) is 0 Å². The number of amides is 1. The fourth-order valence-corrected chi connectivity index (χ4v) is 3.71. The molecule has 0 bridgehead atoms. The van der Waals surface area contributed by atoms with Crippen molar-refractivity contribution < 1.29 is 4.79 Å². The normalized spacial score (nSPS) is 16.9. The number of nitrogens with one attached hydrogen (secondary N) is 1. The van der Waals surface area contributed by atoms with Gasteiger partial charge in [-0.15, -0.1) is 0 Å². The number of nitrogens with zero attached hydrogens (tertiary/aromatic N) is 4. The summed E-state index contributed by atoms with van der Waals surface area (Å²) < 4.78 is 0. The van der Waals surface area contributed by atoms with E-state index in [-0.39, 0.29) is 18.5 Å². The van der Waals surface area contributed by atoms with Gasteiger partial charge in [0, 0.05) is 48.0 Å². The summed E-state index contributed by atoms with van der Waals surface area (Å²) in [6.07, 6.45) is 3.37. The number of halogens is 2. The molecular weight excluding hydrogens is 387 g/mol. The number of nitrogen functional groups attached to an aromatic ring is 1. The van der Waals surface area contributed by atoms with E-state index in [2.05, 4.69) is 20.2 Å². The average Bonchev–Trinajstić information content (AvgIpc) is 2.65. The van der Waals surface area contributed by atoms with Crippen molar-refractivity contribution in [2.24, 2.45) is 0 Å². The Morgan fingerprint density at radius 3 is 2.74 bits per heavy atom. The van der Waals surface area contributed by atoms with Gasteiger partial charge < -0.3 is 20.9 Å². The molecule has 1 amide bonds. The molecule has 9 heteroatoms. The van der Waals surface area contributed by atoms with E-state index in [9.17, 15) is 4.79 Å². The highest BCUT2D eigenvalue weighted by atomic mass is 35.5. The van der Waals surface area contributed by atoms with Gasteiger partial charge >= 0.3 is 0 Å². The number of piperidine rings is 1. The summed E-state index contributed by atoms with van der Waals surface area (Å²) in [4.78, 5) is 24.8. The van der Waals surface area contributed by atoms with Gasteiger partial charge in [0.15, 0.2) is 0 Å². The fraction of sp³-hybridized carbons (Fsp3) is 0.389. The zero-order valence-electron chi connectivity index (χ0n) is 15.0. The number of carbonyl (C=O) groups is 1. The number of likely N-dealkylation sites (tertiary alicyclic amines) is 1. The first-order valence-electron chi connectivity index (χ1n) is 8.70. The molecule has 2 aromatic rings. The maximum Gasteiger partial charge on any atom is 0.241 e. The second kappa shape index (κ2) is 8.63. The molecule has 1 aromatic heterocycles. The zero-order chi connectivity index (χ0) is 19.4. The predicted molar refractivity (Wildman–Crippen MR) is 109 cm³/mol. The average molecular weight is 409 g/mol. The molecule has 0 saturated carbocycles. The lowest BCUT2D eigenvalue weighted by molar-refractivity contribution is -0.130. The third-order valence-corrected chi connectivity index (χ3v) is 5.07. The molecular formula is C18H22Cl2N6O. The molecule has 27 heavy (non-hydrogen) atoms. The van der Waals surface area contributed by atoms with Crippen molar-refractivity contribution in [3.8, 4) is 0 Å². The van der Waals surface area contributed by atoms with E-state index in [4.69, 9.17) is 28.9 Å². The lowest BCUT2D eigenvalue weighted by Gasteiger charge is -2.38. The summed E-state index contributed by atoms with van der Waals surface area (Å²) in [5, 5.41) is 4.15. The van der Waals surface area contributed by atoms with Crippen LogP contribution in [0.3, 0.4) is 0 Å². The van der Waals surface area contributed by atoms with E-state index < -0.39 is 0 Å². The first-order valence-corrected chi connectivity index (χ1v) is 9.46. The third-order valence-electron chi connectivity index (χ3n) is 4.64. The van der Waals surface area contributed by atoms with Gasteiger partial charge in [0.25, 0.3) is 0 Å². The Morgan fingerprint density at radius 1 is 1.30 bits per heavy atom. The standard InChI is InChI=1S/C18H22Cl2N6O/c1-25(17-8-16(21)23-11-24-17)15-3-2-4-26(10-15)18(27)9-22-14-6-12(19)5-13(20)7-14/h5-8,11,15,22H,2-4,9-10H2,1H3,(H2,21,23,24). The van der Waals surface area contributed by atoms with Crippen molar-refractivity contribution in [2.45, 2.75) is 18.9 Å². The molecule has 1 atom stereocenters. The van der Waals surface area contributed by atoms with Crippen LogP contribution in [0.25, 0.3) is 0 Å². The van der Waals surface area contributed by atoms with Gasteiger partial charge in [-0.05, 0) is 31.0 Å². The largest absolute Gasteiger partial charge is 0.384 e. The first-order chi connectivity index (χ1) is 12.9. The molecule has 1 unspecified atom stereocenters. The van der Waals surface area contributed by atoms with Crippen molar-refractivity contribution in [3.05, 3.63) is 40.6 Å². The highest BCUT2D eigenvalue weighted by Gasteiger charge is 2.27. The van der Waals surface area contributed by atoms with Gasteiger partial charge in [-0.3, -0.25) is 4.79 Å². The Kier molecular flexibility index (Phi) is 6.23. The van der Waals surface area contributed by atoms with Crippen LogP contribution in [0.15, 0.2) is 30.6 Å². The van der Waals surface area contributed by atoms with Crippen molar-refractivity contribution in [1.82, 2.24) is 14.9 Å². The number of hydrogen-bond donors (Lipinski definition) is 2. The van der Waals surface area contributed by atoms with Crippen LogP contribution >= 0.6 is 23.2 Å². The number of hydrogen-bond acceptors (Lipinski definition) is 6. The van der Waals surface area contributed by atoms with Gasteiger partial charge in [-0.2, -0.15) is 0 Å². The number of nitrogens with two attached hydrogens (primary N) is 1. The summed E-state index contributed by atoms with van der Waals surface area (Å²) in [5.41, 5.74) is 6.47. The van der Waals surface area contributed by atoms with Gasteiger partial charge in [-0.25, -0.2) is 9.97 Å². The highest BCUT2D eigenvalue weighted by Crippen LogP contribution is 2.23. The Balaban J connectivity index is 1.59. The molecule has 144 valence electrons. The third kappa shape index (κ3) is 5.14. The van der Waals surface area contributed by atoms with Crippen LogP contribution in [0.2, 0.25) is 10.0 Å². The number of aromatic nitrogens is 2. The number of anilines is 3. The second-order valence-corrected chi connectivity index (χ2v) is 7.43. The van der Waals surface area contributed by atoms with Crippen molar-refractivity contribution in [2.75, 3.05) is 42.6 Å². The molecule has 0 aliphatic carbocycles. The summed E-state index contributed by atoms with van der Waals surface area (Å²) in [5.74, 6) is 1.22. The Bertz CT molecular complexity index is 798. The number of likely N-dealkylation sites (N-methyl/N-ethyl adjacent to an activating group) is 1. The zero-order valence-corrected chi connectivity index (χ0v) is 16.5. The fourth-order valence-electron chi connectivity index (χ4n) is 3.18. The molecule has 1 fully saturated rings. The SMILES string of the molecule is CN(c1cc(N)ncn1)C1CCCN(C(=O)CNc2cc(Cl)cc(Cl)c2)C1. The van der Waals surface area contributed by atoms with E-state index in [0.717, 1.165) is 30.9 Å². The monoisotopic (exact) mass is 408 g/mol. The molecule has 1 saturated heterocycles. The van der Waals surface area contributed by atoms with Gasteiger partial charge in [0.1, 0.15) is 18.0 Å². The van der Waals surface area contributed by atoms with Gasteiger partial charge in [0.05, 0.1) is 6.54 Å². The molecule has 0 spiro atoms. The minimum absolute atomic E-state index is 0.0337. The Morgan fingerprint density at radius 2 is 2.04 bits per heavy atom. The predicted octanol–water partition coefficient (Wildman–Crippen LogP) is 2.90. The lowest BCUT2D eigenvalue weighted by atomic mass is 10.0. The van der Waals surface area contributed by atoms with E-state index in [0.29, 0.717) is 22.4 Å². The summed E-state index contributed by atoms with van der Waals surface area (Å²) in [6.45, 7) is 1.57. The van der Waals surface area contributed by atoms with E-state index in [1.54, 1.807) is 24.3 Å². The van der Waals surface area contributed by atoms with Crippen LogP contribution < -0.4 is 16.0 Å². The van der Waals surface area contributed by atoms with Crippen LogP contribution in [0.5, 0.6) is 0 Å². The maximum absolute atomic E-state index is 12.6. The summed E-state index contributed by atoms with van der Waals surface area (Å²) in [7, 11) is 1.96. The minimum Gasteiger partial charge on any atom is -0.384 e. The van der Waals surface area contributed by atoms with Crippen LogP contribution in [-0.4, -0.2) is 53.5 Å². The molecule has 0 radical (unpaired) electrons. The Labute approximate surface area is 168 Å². The quantitative estimate of drug-likeness (QED) is 0.790. The van der Waals surface area contributed by atoms with E-state index in [1.807, 2.05) is 11.9 Å². The molecule has 3 rings (SSSR count). The van der Waals surface area contributed by atoms with Gasteiger partial charge in [0.2, 0.25) is 5.91 Å². The summed E-state index contributed by atoms with van der Waals surface area (Å²) in [6, 6.07) is 7.06. The summed E-state index contributed by atoms with van der Waals surface area (Å²) >= 11 is 12.0. The molecule has 1 aliphatic heterocycles. The van der Waals surface area contributed by atoms with Crippen LogP contribution in [0.1, 0.15) is 12.8 Å².